The molecule has 0 aromatic heterocycles. The molecule has 1 aliphatic rings. The van der Waals surface area contributed by atoms with Crippen molar-refractivity contribution in [1.29, 1.82) is 0 Å². The third-order valence-corrected chi connectivity index (χ3v) is 4.11. The smallest absolute Gasteiger partial charge is 0.227 e. The van der Waals surface area contributed by atoms with Gasteiger partial charge in [-0.3, -0.25) is 4.79 Å². The van der Waals surface area contributed by atoms with Gasteiger partial charge in [0, 0.05) is 24.6 Å². The summed E-state index contributed by atoms with van der Waals surface area (Å²) in [5.74, 6) is -1.40. The Bertz CT molecular complexity index is 620. The summed E-state index contributed by atoms with van der Waals surface area (Å²) in [4.78, 5) is 13.2. The number of carbonyl (C=O) groups is 1. The molecule has 1 amide bonds. The van der Waals surface area contributed by atoms with Gasteiger partial charge < -0.3 is 4.90 Å². The average Bonchev–Trinajstić information content (AvgIpc) is 2.61. The Hall–Kier alpha value is -1.18. The standard InChI is InChI=1S/C11H12ClFN2O3S/c12-9-4-8(1-2-10(9)13)15-5-7(3-11(15)16)6-19(14,17)18/h1-2,4,7H,3,5-6H2,(H2,14,17,18). The molecule has 2 rings (SSSR count). The molecular weight excluding hydrogens is 295 g/mol. The van der Waals surface area contributed by atoms with E-state index in [1.807, 2.05) is 0 Å². The minimum absolute atomic E-state index is 0.0832. The summed E-state index contributed by atoms with van der Waals surface area (Å²) in [6.07, 6.45) is 0.103. The quantitative estimate of drug-likeness (QED) is 0.908. The molecule has 0 aliphatic carbocycles. The van der Waals surface area contributed by atoms with Gasteiger partial charge in [-0.25, -0.2) is 17.9 Å². The summed E-state index contributed by atoms with van der Waals surface area (Å²) in [5.41, 5.74) is 0.452. The van der Waals surface area contributed by atoms with Gasteiger partial charge >= 0.3 is 0 Å². The van der Waals surface area contributed by atoms with Crippen LogP contribution in [0.2, 0.25) is 5.02 Å². The first-order valence-corrected chi connectivity index (χ1v) is 7.61. The van der Waals surface area contributed by atoms with Crippen molar-refractivity contribution in [3.8, 4) is 0 Å². The molecular formula is C11H12ClFN2O3S. The van der Waals surface area contributed by atoms with E-state index in [0.29, 0.717) is 5.69 Å². The normalized spacial score (nSPS) is 20.1. The highest BCUT2D eigenvalue weighted by atomic mass is 35.5. The molecule has 0 saturated carbocycles. The van der Waals surface area contributed by atoms with Crippen molar-refractivity contribution in [2.24, 2.45) is 11.1 Å². The number of nitrogens with two attached hydrogens (primary N) is 1. The lowest BCUT2D eigenvalue weighted by Gasteiger charge is -2.17. The van der Waals surface area contributed by atoms with Gasteiger partial charge in [0.1, 0.15) is 5.82 Å². The maximum absolute atomic E-state index is 13.1. The van der Waals surface area contributed by atoms with Crippen LogP contribution >= 0.6 is 11.6 Å². The molecule has 2 N–H and O–H groups in total. The third kappa shape index (κ3) is 3.43. The predicted octanol–water partition coefficient (Wildman–Crippen LogP) is 1.12. The van der Waals surface area contributed by atoms with Gasteiger partial charge in [-0.15, -0.1) is 0 Å². The highest BCUT2D eigenvalue weighted by Crippen LogP contribution is 2.28. The first-order chi connectivity index (χ1) is 8.76. The van der Waals surface area contributed by atoms with Crippen LogP contribution in [0, 0.1) is 11.7 Å². The lowest BCUT2D eigenvalue weighted by atomic mass is 10.1. The molecule has 1 fully saturated rings. The molecule has 1 heterocycles. The van der Waals surface area contributed by atoms with Crippen LogP contribution in [0.4, 0.5) is 10.1 Å². The van der Waals surface area contributed by atoms with Crippen LogP contribution in [0.3, 0.4) is 0 Å². The average molecular weight is 307 g/mol. The maximum Gasteiger partial charge on any atom is 0.227 e. The largest absolute Gasteiger partial charge is 0.312 e. The lowest BCUT2D eigenvalue weighted by molar-refractivity contribution is -0.117. The van der Waals surface area contributed by atoms with E-state index in [2.05, 4.69) is 0 Å². The Kier molecular flexibility index (Phi) is 3.80. The summed E-state index contributed by atoms with van der Waals surface area (Å²) >= 11 is 5.65. The monoisotopic (exact) mass is 306 g/mol. The van der Waals surface area contributed by atoms with Crippen LogP contribution in [0.25, 0.3) is 0 Å². The summed E-state index contributed by atoms with van der Waals surface area (Å²) in [6.45, 7) is 0.233. The number of primary sulfonamides is 1. The van der Waals surface area contributed by atoms with Gasteiger partial charge in [-0.1, -0.05) is 11.6 Å². The number of hydrogen-bond donors (Lipinski definition) is 1. The lowest BCUT2D eigenvalue weighted by Crippen LogP contribution is -2.27. The fourth-order valence-electron chi connectivity index (χ4n) is 2.12. The predicted molar refractivity (Wildman–Crippen MR) is 69.8 cm³/mol. The number of nitrogens with zero attached hydrogens (tertiary/aromatic N) is 1. The second kappa shape index (κ2) is 5.07. The zero-order chi connectivity index (χ0) is 14.2. The van der Waals surface area contributed by atoms with Gasteiger partial charge in [-0.2, -0.15) is 0 Å². The van der Waals surface area contributed by atoms with Gasteiger partial charge in [-0.05, 0) is 18.2 Å². The molecule has 1 aromatic rings. The molecule has 1 atom stereocenters. The number of hydrogen-bond acceptors (Lipinski definition) is 3. The van der Waals surface area contributed by atoms with Crippen LogP contribution in [0.15, 0.2) is 18.2 Å². The molecule has 104 valence electrons. The third-order valence-electron chi connectivity index (χ3n) is 2.89. The number of benzene rings is 1. The van der Waals surface area contributed by atoms with Crippen LogP contribution < -0.4 is 10.0 Å². The zero-order valence-electron chi connectivity index (χ0n) is 9.84. The van der Waals surface area contributed by atoms with Crippen molar-refractivity contribution in [2.45, 2.75) is 6.42 Å². The zero-order valence-corrected chi connectivity index (χ0v) is 11.4. The van der Waals surface area contributed by atoms with Crippen LogP contribution in [-0.4, -0.2) is 26.6 Å². The van der Waals surface area contributed by atoms with E-state index < -0.39 is 15.8 Å². The number of carbonyl (C=O) groups excluding carboxylic acids is 1. The van der Waals surface area contributed by atoms with Gasteiger partial charge in [0.25, 0.3) is 0 Å². The van der Waals surface area contributed by atoms with E-state index in [1.165, 1.54) is 17.0 Å². The van der Waals surface area contributed by atoms with Gasteiger partial charge in [0.05, 0.1) is 10.8 Å². The van der Waals surface area contributed by atoms with Crippen molar-refractivity contribution in [3.05, 3.63) is 29.0 Å². The molecule has 0 radical (unpaired) electrons. The second-order valence-electron chi connectivity index (χ2n) is 4.50. The Labute approximate surface area is 115 Å². The van der Waals surface area contributed by atoms with Crippen molar-refractivity contribution in [3.63, 3.8) is 0 Å². The fraction of sp³-hybridized carbons (Fsp3) is 0.364. The molecule has 0 spiro atoms. The minimum atomic E-state index is -3.62. The number of sulfonamides is 1. The van der Waals surface area contributed by atoms with Crippen molar-refractivity contribution in [1.82, 2.24) is 0 Å². The highest BCUT2D eigenvalue weighted by molar-refractivity contribution is 7.89. The van der Waals surface area contributed by atoms with Crippen LogP contribution in [0.5, 0.6) is 0 Å². The molecule has 1 unspecified atom stereocenters. The molecule has 19 heavy (non-hydrogen) atoms. The maximum atomic E-state index is 13.1. The van der Waals surface area contributed by atoms with Crippen molar-refractivity contribution >= 4 is 33.2 Å². The fourth-order valence-corrected chi connectivity index (χ4v) is 3.18. The number of amides is 1. The summed E-state index contributed by atoms with van der Waals surface area (Å²) in [7, 11) is -3.62. The minimum Gasteiger partial charge on any atom is -0.312 e. The van der Waals surface area contributed by atoms with Crippen LogP contribution in [0.1, 0.15) is 6.42 Å². The first-order valence-electron chi connectivity index (χ1n) is 5.52. The van der Waals surface area contributed by atoms with E-state index in [9.17, 15) is 17.6 Å². The van der Waals surface area contributed by atoms with Crippen molar-refractivity contribution in [2.75, 3.05) is 17.2 Å². The molecule has 1 aliphatic heterocycles. The van der Waals surface area contributed by atoms with E-state index in [1.54, 1.807) is 0 Å². The Balaban J connectivity index is 2.18. The molecule has 8 heteroatoms. The summed E-state index contributed by atoms with van der Waals surface area (Å²) in [6, 6.07) is 3.94. The Morgan fingerprint density at radius 1 is 1.47 bits per heavy atom. The summed E-state index contributed by atoms with van der Waals surface area (Å²) < 4.78 is 35.1. The topological polar surface area (TPSA) is 80.5 Å². The summed E-state index contributed by atoms with van der Waals surface area (Å²) in [5, 5.41) is 4.88. The SMILES string of the molecule is NS(=O)(=O)CC1CC(=O)N(c2ccc(F)c(Cl)c2)C1. The second-order valence-corrected chi connectivity index (χ2v) is 6.57. The molecule has 1 saturated heterocycles. The van der Waals surface area contributed by atoms with Gasteiger partial charge in [0.15, 0.2) is 0 Å². The van der Waals surface area contributed by atoms with Crippen LogP contribution in [-0.2, 0) is 14.8 Å². The van der Waals surface area contributed by atoms with E-state index >= 15 is 0 Å². The number of anilines is 1. The first kappa shape index (κ1) is 14.2. The number of rotatable bonds is 3. The Morgan fingerprint density at radius 2 is 2.16 bits per heavy atom. The highest BCUT2D eigenvalue weighted by Gasteiger charge is 2.32. The molecule has 1 aromatic carbocycles. The van der Waals surface area contributed by atoms with E-state index in [4.69, 9.17) is 16.7 Å². The van der Waals surface area contributed by atoms with Gasteiger partial charge in [0.2, 0.25) is 15.9 Å². The number of halogens is 2. The molecule has 0 bridgehead atoms. The molecule has 5 nitrogen and oxygen atoms in total. The van der Waals surface area contributed by atoms with E-state index in [0.717, 1.165) is 6.07 Å². The Morgan fingerprint density at radius 3 is 2.74 bits per heavy atom. The van der Waals surface area contributed by atoms with Crippen molar-refractivity contribution < 1.29 is 17.6 Å². The van der Waals surface area contributed by atoms with E-state index in [-0.39, 0.29) is 35.6 Å².